The van der Waals surface area contributed by atoms with Gasteiger partial charge in [0.2, 0.25) is 5.69 Å². The molecule has 1 aliphatic carbocycles. The van der Waals surface area contributed by atoms with E-state index in [0.717, 1.165) is 56.3 Å². The summed E-state index contributed by atoms with van der Waals surface area (Å²) in [5, 5.41) is 11.6. The number of hydrogen-bond acceptors (Lipinski definition) is 4. The second-order valence-electron chi connectivity index (χ2n) is 6.74. The number of pyridine rings is 1. The van der Waals surface area contributed by atoms with Gasteiger partial charge >= 0.3 is 6.09 Å². The Bertz CT molecular complexity index is 538. The fraction of sp³-hybridized carbons (Fsp3) is 0.667. The summed E-state index contributed by atoms with van der Waals surface area (Å²) in [5.74, 6) is 0.428. The molecule has 1 amide bonds. The quantitative estimate of drug-likeness (QED) is 0.613. The van der Waals surface area contributed by atoms with Crippen LogP contribution in [0.1, 0.15) is 44.2 Å². The summed E-state index contributed by atoms with van der Waals surface area (Å²) in [6.45, 7) is 2.53. The Labute approximate surface area is 142 Å². The second-order valence-corrected chi connectivity index (χ2v) is 6.74. The summed E-state index contributed by atoms with van der Waals surface area (Å²) in [6, 6.07) is 5.35. The smallest absolute Gasteiger partial charge is 0.409 e. The number of nitrogens with zero attached hydrogens (tertiary/aromatic N) is 2. The van der Waals surface area contributed by atoms with Gasteiger partial charge < -0.3 is 19.6 Å². The van der Waals surface area contributed by atoms with Crippen molar-refractivity contribution in [1.82, 2.24) is 4.90 Å². The highest BCUT2D eigenvalue weighted by Gasteiger charge is 2.25. The number of rotatable bonds is 5. The average Bonchev–Trinajstić information content (AvgIpc) is 3.15. The molecule has 6 heteroatoms. The molecule has 0 unspecified atom stereocenters. The minimum atomic E-state index is -0.157. The number of aromatic nitrogens is 1. The monoisotopic (exact) mass is 334 g/mol. The number of carbonyl (C=O) groups excluding carboxylic acids is 1. The maximum atomic E-state index is 11.9. The van der Waals surface area contributed by atoms with Crippen molar-refractivity contribution in [3.63, 3.8) is 0 Å². The maximum Gasteiger partial charge on any atom is 0.409 e. The van der Waals surface area contributed by atoms with Crippen molar-refractivity contribution in [2.45, 2.75) is 51.2 Å². The molecule has 1 saturated carbocycles. The SMILES string of the molecule is O=C(OCC1CCC(OCc2cccc[n+]2[O-])CC1)N1CCCC1. The lowest BCUT2D eigenvalue weighted by Gasteiger charge is -2.28. The van der Waals surface area contributed by atoms with Crippen molar-refractivity contribution in [3.05, 3.63) is 35.3 Å². The molecule has 0 atom stereocenters. The highest BCUT2D eigenvalue weighted by atomic mass is 16.6. The van der Waals surface area contributed by atoms with Crippen molar-refractivity contribution in [3.8, 4) is 0 Å². The van der Waals surface area contributed by atoms with Crippen LogP contribution in [0.5, 0.6) is 0 Å². The topological polar surface area (TPSA) is 65.7 Å². The lowest BCUT2D eigenvalue weighted by molar-refractivity contribution is -0.616. The van der Waals surface area contributed by atoms with E-state index in [9.17, 15) is 10.0 Å². The lowest BCUT2D eigenvalue weighted by Crippen LogP contribution is -2.33. The summed E-state index contributed by atoms with van der Waals surface area (Å²) >= 11 is 0. The largest absolute Gasteiger partial charge is 0.618 e. The van der Waals surface area contributed by atoms with E-state index in [1.807, 2.05) is 6.07 Å². The molecule has 0 aromatic carbocycles. The molecule has 1 aromatic heterocycles. The minimum Gasteiger partial charge on any atom is -0.618 e. The summed E-state index contributed by atoms with van der Waals surface area (Å²) < 4.78 is 12.2. The van der Waals surface area contributed by atoms with Crippen LogP contribution in [0.4, 0.5) is 4.79 Å². The van der Waals surface area contributed by atoms with Crippen molar-refractivity contribution in [2.24, 2.45) is 5.92 Å². The van der Waals surface area contributed by atoms with Crippen LogP contribution in [0.15, 0.2) is 24.4 Å². The predicted molar refractivity (Wildman–Crippen MR) is 88.1 cm³/mol. The second kappa shape index (κ2) is 8.33. The van der Waals surface area contributed by atoms with Gasteiger partial charge in [-0.1, -0.05) is 0 Å². The first kappa shape index (κ1) is 17.0. The Morgan fingerprint density at radius 1 is 1.21 bits per heavy atom. The average molecular weight is 334 g/mol. The molecule has 1 aromatic rings. The van der Waals surface area contributed by atoms with Gasteiger partial charge in [0, 0.05) is 25.2 Å². The van der Waals surface area contributed by atoms with E-state index in [0.29, 0.717) is 24.8 Å². The summed E-state index contributed by atoms with van der Waals surface area (Å²) in [6.07, 6.45) is 7.61. The Morgan fingerprint density at radius 2 is 1.96 bits per heavy atom. The van der Waals surface area contributed by atoms with Gasteiger partial charge in [-0.3, -0.25) is 0 Å². The first-order valence-electron chi connectivity index (χ1n) is 8.93. The van der Waals surface area contributed by atoms with Crippen LogP contribution in [-0.4, -0.2) is 36.8 Å². The van der Waals surface area contributed by atoms with E-state index in [1.165, 1.54) is 6.20 Å². The van der Waals surface area contributed by atoms with Crippen molar-refractivity contribution in [1.29, 1.82) is 0 Å². The third-order valence-corrected chi connectivity index (χ3v) is 4.97. The van der Waals surface area contributed by atoms with Gasteiger partial charge in [-0.25, -0.2) is 4.79 Å². The highest BCUT2D eigenvalue weighted by molar-refractivity contribution is 5.67. The molecule has 2 heterocycles. The highest BCUT2D eigenvalue weighted by Crippen LogP contribution is 2.27. The van der Waals surface area contributed by atoms with Crippen LogP contribution in [0.3, 0.4) is 0 Å². The van der Waals surface area contributed by atoms with Gasteiger partial charge in [0.25, 0.3) is 0 Å². The Kier molecular flexibility index (Phi) is 5.91. The van der Waals surface area contributed by atoms with E-state index in [4.69, 9.17) is 9.47 Å². The molecule has 3 rings (SSSR count). The van der Waals surface area contributed by atoms with Crippen LogP contribution in [0.2, 0.25) is 0 Å². The molecule has 0 radical (unpaired) electrons. The third kappa shape index (κ3) is 4.60. The van der Waals surface area contributed by atoms with E-state index < -0.39 is 0 Å². The van der Waals surface area contributed by atoms with Gasteiger partial charge in [-0.15, -0.1) is 0 Å². The molecule has 0 N–H and O–H groups in total. The van der Waals surface area contributed by atoms with Gasteiger partial charge in [-0.2, -0.15) is 4.73 Å². The molecular weight excluding hydrogens is 308 g/mol. The molecule has 0 bridgehead atoms. The number of likely N-dealkylation sites (tertiary alicyclic amines) is 1. The van der Waals surface area contributed by atoms with Crippen molar-refractivity contribution >= 4 is 6.09 Å². The van der Waals surface area contributed by atoms with Crippen LogP contribution in [-0.2, 0) is 16.1 Å². The van der Waals surface area contributed by atoms with Crippen LogP contribution < -0.4 is 4.73 Å². The van der Waals surface area contributed by atoms with E-state index >= 15 is 0 Å². The van der Waals surface area contributed by atoms with Crippen molar-refractivity contribution < 1.29 is 19.0 Å². The summed E-state index contributed by atoms with van der Waals surface area (Å²) in [4.78, 5) is 13.7. The molecule has 2 fully saturated rings. The molecular formula is C18H26N2O4. The van der Waals surface area contributed by atoms with E-state index in [2.05, 4.69) is 0 Å². The van der Waals surface area contributed by atoms with E-state index in [-0.39, 0.29) is 12.2 Å². The van der Waals surface area contributed by atoms with Gasteiger partial charge in [0.05, 0.1) is 12.7 Å². The van der Waals surface area contributed by atoms with Crippen molar-refractivity contribution in [2.75, 3.05) is 19.7 Å². The molecule has 2 aliphatic rings. The molecule has 6 nitrogen and oxygen atoms in total. The number of hydrogen-bond donors (Lipinski definition) is 0. The first-order valence-corrected chi connectivity index (χ1v) is 8.93. The fourth-order valence-corrected chi connectivity index (χ4v) is 3.42. The zero-order chi connectivity index (χ0) is 16.8. The lowest BCUT2D eigenvalue weighted by atomic mass is 9.88. The summed E-state index contributed by atoms with van der Waals surface area (Å²) in [7, 11) is 0. The van der Waals surface area contributed by atoms with Crippen LogP contribution >= 0.6 is 0 Å². The molecule has 1 saturated heterocycles. The van der Waals surface area contributed by atoms with E-state index in [1.54, 1.807) is 17.0 Å². The Balaban J connectivity index is 1.33. The normalized spacial score (nSPS) is 24.1. The molecule has 24 heavy (non-hydrogen) atoms. The standard InChI is InChI=1S/C18H26N2O4/c21-18(19-10-3-4-11-19)24-13-15-6-8-17(9-7-15)23-14-16-5-1-2-12-20(16)22/h1-2,5,12,15,17H,3-4,6-11,13-14H2. The van der Waals surface area contributed by atoms with Crippen LogP contribution in [0.25, 0.3) is 0 Å². The predicted octanol–water partition coefficient (Wildman–Crippen LogP) is 2.63. The maximum absolute atomic E-state index is 11.9. The Morgan fingerprint density at radius 3 is 2.67 bits per heavy atom. The third-order valence-electron chi connectivity index (χ3n) is 4.97. The molecule has 1 aliphatic heterocycles. The zero-order valence-corrected chi connectivity index (χ0v) is 14.1. The van der Waals surface area contributed by atoms with Crippen LogP contribution in [0, 0.1) is 11.1 Å². The minimum absolute atomic E-state index is 0.157. The molecule has 0 spiro atoms. The summed E-state index contributed by atoms with van der Waals surface area (Å²) in [5.41, 5.74) is 0.638. The zero-order valence-electron chi connectivity index (χ0n) is 14.1. The van der Waals surface area contributed by atoms with Gasteiger partial charge in [0.1, 0.15) is 6.61 Å². The molecule has 132 valence electrons. The van der Waals surface area contributed by atoms with Gasteiger partial charge in [-0.05, 0) is 50.5 Å². The fourth-order valence-electron chi connectivity index (χ4n) is 3.42. The first-order chi connectivity index (χ1) is 11.7. The Hall–Kier alpha value is -1.82. The number of amides is 1. The number of ether oxygens (including phenoxy) is 2. The van der Waals surface area contributed by atoms with Gasteiger partial charge in [0.15, 0.2) is 6.20 Å². The number of carbonyl (C=O) groups is 1.